The predicted molar refractivity (Wildman–Crippen MR) is 256 cm³/mol. The first-order chi connectivity index (χ1) is 29.5. The maximum absolute atomic E-state index is 12.7. The molecule has 0 rings (SSSR count). The van der Waals surface area contributed by atoms with Crippen LogP contribution in [0.15, 0.2) is 72.9 Å². The van der Waals surface area contributed by atoms with Gasteiger partial charge in [-0.25, -0.2) is 0 Å². The SMILES string of the molecule is CC/C=C\C/C=C\C/C=C\CCCCCCCCC(=O)OCC(COC(=O)CCCCC/C=C\CCCCCCCC)OC(=O)CC/C=C\C/C=C\CCCCCCCC. The first kappa shape index (κ1) is 56.9. The van der Waals surface area contributed by atoms with Gasteiger partial charge in [-0.05, 0) is 96.3 Å². The number of allylic oxidation sites excluding steroid dienone is 12. The Hall–Kier alpha value is -3.15. The average Bonchev–Trinajstić information content (AvgIpc) is 3.24. The Kier molecular flexibility index (Phi) is 46.0. The van der Waals surface area contributed by atoms with E-state index in [9.17, 15) is 14.4 Å². The second-order valence-corrected chi connectivity index (χ2v) is 16.3. The molecule has 0 radical (unpaired) electrons. The molecule has 0 aromatic rings. The van der Waals surface area contributed by atoms with Crippen molar-refractivity contribution in [3.8, 4) is 0 Å². The fraction of sp³-hybridized carbons (Fsp3) is 0.722. The zero-order valence-corrected chi connectivity index (χ0v) is 39.2. The molecular formula is C54H92O6. The van der Waals surface area contributed by atoms with Crippen molar-refractivity contribution >= 4 is 17.9 Å². The Bertz CT molecular complexity index is 1140. The molecule has 0 N–H and O–H groups in total. The highest BCUT2D eigenvalue weighted by molar-refractivity contribution is 5.71. The number of rotatable bonds is 44. The fourth-order valence-electron chi connectivity index (χ4n) is 6.68. The van der Waals surface area contributed by atoms with Gasteiger partial charge in [-0.15, -0.1) is 0 Å². The minimum atomic E-state index is -0.816. The number of hydrogen-bond donors (Lipinski definition) is 0. The Balaban J connectivity index is 4.48. The van der Waals surface area contributed by atoms with Crippen LogP contribution in [0.3, 0.4) is 0 Å². The highest BCUT2D eigenvalue weighted by Crippen LogP contribution is 2.13. The summed E-state index contributed by atoms with van der Waals surface area (Å²) < 4.78 is 16.7. The van der Waals surface area contributed by atoms with E-state index >= 15 is 0 Å². The van der Waals surface area contributed by atoms with E-state index in [1.807, 2.05) is 6.08 Å². The molecule has 0 aliphatic carbocycles. The van der Waals surface area contributed by atoms with Gasteiger partial charge in [-0.3, -0.25) is 14.4 Å². The standard InChI is InChI=1S/C54H92O6/c1-4-7-10-13-16-19-22-25-26-27-30-32-35-38-41-44-47-53(56)59-50-51(60-54(57)48-45-42-39-36-33-29-24-21-18-15-12-9-6-3)49-58-52(55)46-43-40-37-34-31-28-23-20-17-14-11-8-5-2/h7,10,16,19,25-26,28-29,31,33,39,42,51H,4-6,8-9,11-15,17-18,20-24,27,30,32,34-38,40-41,43-50H2,1-3H3/b10-7-,19-16-,26-25-,31-28-,33-29-,42-39-. The van der Waals surface area contributed by atoms with Crippen LogP contribution in [0.25, 0.3) is 0 Å². The number of carbonyl (C=O) groups excluding carboxylic acids is 3. The van der Waals surface area contributed by atoms with Gasteiger partial charge in [-0.2, -0.15) is 0 Å². The first-order valence-electron chi connectivity index (χ1n) is 24.9. The highest BCUT2D eigenvalue weighted by Gasteiger charge is 2.19. The fourth-order valence-corrected chi connectivity index (χ4v) is 6.68. The smallest absolute Gasteiger partial charge is 0.306 e. The van der Waals surface area contributed by atoms with Gasteiger partial charge in [0.2, 0.25) is 0 Å². The summed E-state index contributed by atoms with van der Waals surface area (Å²) >= 11 is 0. The summed E-state index contributed by atoms with van der Waals surface area (Å²) in [6.45, 7) is 6.43. The third kappa shape index (κ3) is 45.9. The Morgan fingerprint density at radius 1 is 0.350 bits per heavy atom. The molecule has 0 saturated heterocycles. The van der Waals surface area contributed by atoms with Crippen LogP contribution in [0.1, 0.15) is 233 Å². The number of unbranched alkanes of at least 4 members (excludes halogenated alkanes) is 21. The Labute approximate surface area is 370 Å². The van der Waals surface area contributed by atoms with Crippen LogP contribution >= 0.6 is 0 Å². The van der Waals surface area contributed by atoms with Crippen LogP contribution in [0.5, 0.6) is 0 Å². The third-order valence-corrected chi connectivity index (χ3v) is 10.4. The maximum atomic E-state index is 12.7. The molecular weight excluding hydrogens is 745 g/mol. The first-order valence-corrected chi connectivity index (χ1v) is 24.9. The van der Waals surface area contributed by atoms with Crippen molar-refractivity contribution in [2.24, 2.45) is 0 Å². The van der Waals surface area contributed by atoms with Gasteiger partial charge in [0.15, 0.2) is 6.10 Å². The minimum absolute atomic E-state index is 0.110. The molecule has 0 amide bonds. The number of carbonyl (C=O) groups is 3. The highest BCUT2D eigenvalue weighted by atomic mass is 16.6. The number of ether oxygens (including phenoxy) is 3. The van der Waals surface area contributed by atoms with E-state index in [1.54, 1.807) is 0 Å². The van der Waals surface area contributed by atoms with Crippen LogP contribution in [-0.2, 0) is 28.6 Å². The molecule has 6 nitrogen and oxygen atoms in total. The molecule has 0 bridgehead atoms. The average molecular weight is 837 g/mol. The van der Waals surface area contributed by atoms with Crippen LogP contribution in [-0.4, -0.2) is 37.2 Å². The van der Waals surface area contributed by atoms with E-state index in [4.69, 9.17) is 14.2 Å². The van der Waals surface area contributed by atoms with Crippen molar-refractivity contribution in [2.75, 3.05) is 13.2 Å². The van der Waals surface area contributed by atoms with E-state index in [0.717, 1.165) is 96.3 Å². The lowest BCUT2D eigenvalue weighted by Crippen LogP contribution is -2.30. The second-order valence-electron chi connectivity index (χ2n) is 16.3. The molecule has 0 aromatic carbocycles. The van der Waals surface area contributed by atoms with Gasteiger partial charge in [0, 0.05) is 19.3 Å². The Morgan fingerprint density at radius 2 is 0.683 bits per heavy atom. The summed E-state index contributed by atoms with van der Waals surface area (Å²) in [5.41, 5.74) is 0. The summed E-state index contributed by atoms with van der Waals surface area (Å²) in [4.78, 5) is 37.8. The molecule has 0 fully saturated rings. The van der Waals surface area contributed by atoms with Gasteiger partial charge >= 0.3 is 17.9 Å². The van der Waals surface area contributed by atoms with E-state index < -0.39 is 6.10 Å². The maximum Gasteiger partial charge on any atom is 0.306 e. The summed E-state index contributed by atoms with van der Waals surface area (Å²) in [7, 11) is 0. The largest absolute Gasteiger partial charge is 0.462 e. The van der Waals surface area contributed by atoms with Gasteiger partial charge < -0.3 is 14.2 Å². The van der Waals surface area contributed by atoms with Crippen molar-refractivity contribution in [3.05, 3.63) is 72.9 Å². The summed E-state index contributed by atoms with van der Waals surface area (Å²) in [5.74, 6) is -1.01. The minimum Gasteiger partial charge on any atom is -0.462 e. The van der Waals surface area contributed by atoms with Crippen LogP contribution in [0.4, 0.5) is 0 Å². The van der Waals surface area contributed by atoms with Crippen molar-refractivity contribution in [1.29, 1.82) is 0 Å². The van der Waals surface area contributed by atoms with Crippen molar-refractivity contribution < 1.29 is 28.6 Å². The summed E-state index contributed by atoms with van der Waals surface area (Å²) in [6.07, 6.45) is 60.4. The van der Waals surface area contributed by atoms with E-state index in [1.165, 1.54) is 89.9 Å². The predicted octanol–water partition coefficient (Wildman–Crippen LogP) is 16.3. The van der Waals surface area contributed by atoms with Crippen LogP contribution < -0.4 is 0 Å². The van der Waals surface area contributed by atoms with Crippen molar-refractivity contribution in [3.63, 3.8) is 0 Å². The van der Waals surface area contributed by atoms with Crippen molar-refractivity contribution in [2.45, 2.75) is 239 Å². The second kappa shape index (κ2) is 48.5. The van der Waals surface area contributed by atoms with Gasteiger partial charge in [-0.1, -0.05) is 190 Å². The molecule has 60 heavy (non-hydrogen) atoms. The Morgan fingerprint density at radius 3 is 1.12 bits per heavy atom. The van der Waals surface area contributed by atoms with Gasteiger partial charge in [0.1, 0.15) is 13.2 Å². The molecule has 0 heterocycles. The molecule has 0 aliphatic rings. The lowest BCUT2D eigenvalue weighted by molar-refractivity contribution is -0.166. The third-order valence-electron chi connectivity index (χ3n) is 10.4. The lowest BCUT2D eigenvalue weighted by Gasteiger charge is -2.18. The van der Waals surface area contributed by atoms with E-state index in [-0.39, 0.29) is 37.5 Å². The summed E-state index contributed by atoms with van der Waals surface area (Å²) in [5, 5.41) is 0. The van der Waals surface area contributed by atoms with Crippen LogP contribution in [0, 0.1) is 0 Å². The zero-order chi connectivity index (χ0) is 43.7. The molecule has 1 unspecified atom stereocenters. The van der Waals surface area contributed by atoms with E-state index in [2.05, 4.69) is 87.6 Å². The zero-order valence-electron chi connectivity index (χ0n) is 39.2. The van der Waals surface area contributed by atoms with Gasteiger partial charge in [0.25, 0.3) is 0 Å². The van der Waals surface area contributed by atoms with Crippen molar-refractivity contribution in [1.82, 2.24) is 0 Å². The molecule has 1 atom stereocenters. The number of esters is 3. The van der Waals surface area contributed by atoms with E-state index in [0.29, 0.717) is 19.3 Å². The number of hydrogen-bond acceptors (Lipinski definition) is 6. The van der Waals surface area contributed by atoms with Gasteiger partial charge in [0.05, 0.1) is 0 Å². The molecule has 0 aromatic heterocycles. The quantitative estimate of drug-likeness (QED) is 0.0263. The molecule has 6 heteroatoms. The molecule has 344 valence electrons. The topological polar surface area (TPSA) is 78.9 Å². The van der Waals surface area contributed by atoms with Crippen LogP contribution in [0.2, 0.25) is 0 Å². The molecule has 0 spiro atoms. The summed E-state index contributed by atoms with van der Waals surface area (Å²) in [6, 6.07) is 0. The lowest BCUT2D eigenvalue weighted by atomic mass is 10.1. The molecule has 0 saturated carbocycles. The monoisotopic (exact) mass is 837 g/mol. The normalized spacial score (nSPS) is 12.7. The molecule has 0 aliphatic heterocycles.